The van der Waals surface area contributed by atoms with Crippen molar-refractivity contribution < 1.29 is 18.3 Å². The van der Waals surface area contributed by atoms with Gasteiger partial charge >= 0.3 is 5.97 Å². The Balaban J connectivity index is 2.52. The minimum absolute atomic E-state index is 0.00419. The van der Waals surface area contributed by atoms with E-state index in [4.69, 9.17) is 5.11 Å². The van der Waals surface area contributed by atoms with Crippen molar-refractivity contribution in [3.63, 3.8) is 0 Å². The Hall–Kier alpha value is -2.34. The second-order valence-corrected chi connectivity index (χ2v) is 7.03. The van der Waals surface area contributed by atoms with E-state index in [1.54, 1.807) is 19.1 Å². The molecule has 0 unspecified atom stereocenters. The molecule has 0 aliphatic heterocycles. The van der Waals surface area contributed by atoms with Gasteiger partial charge in [-0.25, -0.2) is 13.2 Å². The summed E-state index contributed by atoms with van der Waals surface area (Å²) in [6.45, 7) is 3.56. The predicted octanol–water partition coefficient (Wildman–Crippen LogP) is 2.83. The third-order valence-corrected chi connectivity index (χ3v) is 5.40. The zero-order chi connectivity index (χ0) is 16.5. The van der Waals surface area contributed by atoms with Crippen LogP contribution in [0.1, 0.15) is 21.5 Å². The lowest BCUT2D eigenvalue weighted by Crippen LogP contribution is -2.27. The third-order valence-electron chi connectivity index (χ3n) is 3.47. The number of benzene rings is 2. The molecule has 0 aliphatic carbocycles. The number of hydrogen-bond acceptors (Lipinski definition) is 3. The Morgan fingerprint density at radius 3 is 2.18 bits per heavy atom. The highest BCUT2D eigenvalue weighted by atomic mass is 32.2. The standard InChI is InChI=1S/C16H17NO4S/c1-11-4-8-14(9-5-11)17(3)22(20,21)15-10-13(16(18)19)7-6-12(15)2/h4-10H,1-3H3,(H,18,19). The lowest BCUT2D eigenvalue weighted by Gasteiger charge is -2.21. The summed E-state index contributed by atoms with van der Waals surface area (Å²) in [5.74, 6) is -1.16. The number of carbonyl (C=O) groups is 1. The summed E-state index contributed by atoms with van der Waals surface area (Å²) in [6, 6.07) is 11.1. The van der Waals surface area contributed by atoms with Crippen LogP contribution in [0.3, 0.4) is 0 Å². The summed E-state index contributed by atoms with van der Waals surface area (Å²) >= 11 is 0. The van der Waals surface area contributed by atoms with Crippen LogP contribution < -0.4 is 4.31 Å². The van der Waals surface area contributed by atoms with E-state index in [1.807, 2.05) is 19.1 Å². The van der Waals surface area contributed by atoms with E-state index in [9.17, 15) is 13.2 Å². The van der Waals surface area contributed by atoms with Crippen molar-refractivity contribution in [1.82, 2.24) is 0 Å². The number of nitrogens with zero attached hydrogens (tertiary/aromatic N) is 1. The van der Waals surface area contributed by atoms with Gasteiger partial charge in [0, 0.05) is 7.05 Å². The van der Waals surface area contributed by atoms with E-state index >= 15 is 0 Å². The molecule has 0 saturated carbocycles. The molecule has 5 nitrogen and oxygen atoms in total. The molecule has 116 valence electrons. The zero-order valence-corrected chi connectivity index (χ0v) is 13.4. The predicted molar refractivity (Wildman–Crippen MR) is 84.9 cm³/mol. The normalized spacial score (nSPS) is 11.2. The first-order valence-electron chi connectivity index (χ1n) is 6.63. The van der Waals surface area contributed by atoms with Gasteiger partial charge in [-0.3, -0.25) is 4.31 Å². The molecule has 0 aromatic heterocycles. The number of sulfonamides is 1. The Labute approximate surface area is 129 Å². The van der Waals surface area contributed by atoms with E-state index in [2.05, 4.69) is 0 Å². The van der Waals surface area contributed by atoms with Gasteiger partial charge in [-0.1, -0.05) is 23.8 Å². The number of aryl methyl sites for hydroxylation is 2. The molecule has 22 heavy (non-hydrogen) atoms. The summed E-state index contributed by atoms with van der Waals surface area (Å²) in [4.78, 5) is 11.1. The fraction of sp³-hybridized carbons (Fsp3) is 0.188. The molecule has 0 saturated heterocycles. The molecule has 0 spiro atoms. The molecule has 0 aliphatic rings. The van der Waals surface area contributed by atoms with Gasteiger partial charge in [0.25, 0.3) is 10.0 Å². The number of carboxylic acids is 1. The molecule has 0 fully saturated rings. The van der Waals surface area contributed by atoms with E-state index in [-0.39, 0.29) is 10.5 Å². The van der Waals surface area contributed by atoms with Gasteiger partial charge in [0.2, 0.25) is 0 Å². The van der Waals surface area contributed by atoms with Crippen molar-refractivity contribution >= 4 is 21.7 Å². The number of hydrogen-bond donors (Lipinski definition) is 1. The quantitative estimate of drug-likeness (QED) is 0.940. The van der Waals surface area contributed by atoms with E-state index in [1.165, 1.54) is 25.2 Å². The SMILES string of the molecule is Cc1ccc(N(C)S(=O)(=O)c2cc(C(=O)O)ccc2C)cc1. The van der Waals surface area contributed by atoms with Gasteiger partial charge in [-0.15, -0.1) is 0 Å². The second-order valence-electron chi connectivity index (χ2n) is 5.09. The lowest BCUT2D eigenvalue weighted by atomic mass is 10.1. The summed E-state index contributed by atoms with van der Waals surface area (Å²) in [6.07, 6.45) is 0. The van der Waals surface area contributed by atoms with Gasteiger partial charge in [0.15, 0.2) is 0 Å². The smallest absolute Gasteiger partial charge is 0.335 e. The Morgan fingerprint density at radius 1 is 1.05 bits per heavy atom. The molecular formula is C16H17NO4S. The van der Waals surface area contributed by atoms with Crippen molar-refractivity contribution in [2.75, 3.05) is 11.4 Å². The fourth-order valence-electron chi connectivity index (χ4n) is 2.05. The summed E-state index contributed by atoms with van der Waals surface area (Å²) in [5, 5.41) is 9.04. The molecule has 0 atom stereocenters. The minimum atomic E-state index is -3.82. The second kappa shape index (κ2) is 5.81. The fourth-order valence-corrected chi connectivity index (χ4v) is 3.50. The maximum atomic E-state index is 12.7. The number of carboxylic acid groups (broad SMARTS) is 1. The molecule has 1 N–H and O–H groups in total. The molecule has 6 heteroatoms. The van der Waals surface area contributed by atoms with E-state index in [0.29, 0.717) is 11.3 Å². The summed E-state index contributed by atoms with van der Waals surface area (Å²) < 4.78 is 26.6. The van der Waals surface area contributed by atoms with Gasteiger partial charge in [0.1, 0.15) is 0 Å². The van der Waals surface area contributed by atoms with Crippen LogP contribution in [0.4, 0.5) is 5.69 Å². The van der Waals surface area contributed by atoms with Crippen LogP contribution in [0.15, 0.2) is 47.4 Å². The van der Waals surface area contributed by atoms with Crippen LogP contribution in [0.2, 0.25) is 0 Å². The van der Waals surface area contributed by atoms with Gasteiger partial charge in [-0.2, -0.15) is 0 Å². The van der Waals surface area contributed by atoms with Crippen molar-refractivity contribution in [1.29, 1.82) is 0 Å². The zero-order valence-electron chi connectivity index (χ0n) is 12.6. The minimum Gasteiger partial charge on any atom is -0.478 e. The van der Waals surface area contributed by atoms with Gasteiger partial charge < -0.3 is 5.11 Å². The summed E-state index contributed by atoms with van der Waals surface area (Å²) in [5.41, 5.74) is 2.00. The molecule has 0 radical (unpaired) electrons. The summed E-state index contributed by atoms with van der Waals surface area (Å²) in [7, 11) is -2.37. The number of anilines is 1. The Kier molecular flexibility index (Phi) is 4.23. The third kappa shape index (κ3) is 2.96. The molecule has 0 amide bonds. The van der Waals surface area contributed by atoms with E-state index in [0.717, 1.165) is 9.87 Å². The van der Waals surface area contributed by atoms with Crippen molar-refractivity contribution in [3.05, 3.63) is 59.2 Å². The molecular weight excluding hydrogens is 302 g/mol. The molecule has 2 rings (SSSR count). The van der Waals surface area contributed by atoms with E-state index < -0.39 is 16.0 Å². The first-order valence-corrected chi connectivity index (χ1v) is 8.07. The topological polar surface area (TPSA) is 74.7 Å². The molecule has 2 aromatic rings. The van der Waals surface area contributed by atoms with Crippen LogP contribution in [-0.2, 0) is 10.0 Å². The first-order chi connectivity index (χ1) is 10.2. The number of rotatable bonds is 4. The van der Waals surface area contributed by atoms with Crippen molar-refractivity contribution in [2.45, 2.75) is 18.7 Å². The molecule has 2 aromatic carbocycles. The highest BCUT2D eigenvalue weighted by Gasteiger charge is 2.24. The maximum absolute atomic E-state index is 12.7. The average molecular weight is 319 g/mol. The Morgan fingerprint density at radius 2 is 1.64 bits per heavy atom. The van der Waals surface area contributed by atoms with Crippen LogP contribution in [0.25, 0.3) is 0 Å². The van der Waals surface area contributed by atoms with Gasteiger partial charge in [-0.05, 0) is 43.7 Å². The Bertz CT molecular complexity index is 811. The van der Waals surface area contributed by atoms with Crippen LogP contribution in [-0.4, -0.2) is 26.5 Å². The highest BCUT2D eigenvalue weighted by Crippen LogP contribution is 2.25. The molecule has 0 bridgehead atoms. The van der Waals surface area contributed by atoms with Crippen LogP contribution in [0.5, 0.6) is 0 Å². The monoisotopic (exact) mass is 319 g/mol. The maximum Gasteiger partial charge on any atom is 0.335 e. The largest absolute Gasteiger partial charge is 0.478 e. The highest BCUT2D eigenvalue weighted by molar-refractivity contribution is 7.92. The van der Waals surface area contributed by atoms with Crippen molar-refractivity contribution in [3.8, 4) is 0 Å². The number of aromatic carboxylic acids is 1. The van der Waals surface area contributed by atoms with Crippen molar-refractivity contribution in [2.24, 2.45) is 0 Å². The first kappa shape index (κ1) is 16.0. The lowest BCUT2D eigenvalue weighted by molar-refractivity contribution is 0.0696. The molecule has 0 heterocycles. The van der Waals surface area contributed by atoms with Gasteiger partial charge in [0.05, 0.1) is 16.1 Å². The van der Waals surface area contributed by atoms with Crippen LogP contribution >= 0.6 is 0 Å². The average Bonchev–Trinajstić information content (AvgIpc) is 2.47. The van der Waals surface area contributed by atoms with Crippen LogP contribution in [0, 0.1) is 13.8 Å².